The number of nitrogens with zero attached hydrogens (tertiary/aromatic N) is 1. The summed E-state index contributed by atoms with van der Waals surface area (Å²) in [5.41, 5.74) is 11.7. The van der Waals surface area contributed by atoms with E-state index in [2.05, 4.69) is 31.9 Å². The summed E-state index contributed by atoms with van der Waals surface area (Å²) in [5, 5.41) is 24.0. The lowest BCUT2D eigenvalue weighted by atomic mass is 10.1. The second-order valence-electron chi connectivity index (χ2n) is 15.8. The highest BCUT2D eigenvalue weighted by Gasteiger charge is 2.58. The summed E-state index contributed by atoms with van der Waals surface area (Å²) in [4.78, 5) is 149. The molecule has 11 N–H and O–H groups in total. The van der Waals surface area contributed by atoms with Gasteiger partial charge in [0.25, 0.3) is 5.91 Å². The van der Waals surface area contributed by atoms with Crippen LogP contribution in [0.3, 0.4) is 0 Å². The zero-order chi connectivity index (χ0) is 52.5. The summed E-state index contributed by atoms with van der Waals surface area (Å²) in [7, 11) is 2.18. The van der Waals surface area contributed by atoms with E-state index in [1.807, 2.05) is 0 Å². The number of ketones is 2. The normalized spacial score (nSPS) is 15.9. The fourth-order valence-corrected chi connectivity index (χ4v) is 9.27. The molecular formula is C43H61N9O16S3. The Morgan fingerprint density at radius 3 is 2.11 bits per heavy atom. The molecule has 0 radical (unpaired) electrons. The van der Waals surface area contributed by atoms with Crippen LogP contribution in [0.25, 0.3) is 0 Å². The van der Waals surface area contributed by atoms with Gasteiger partial charge in [0.05, 0.1) is 44.3 Å². The maximum Gasteiger partial charge on any atom is 0.253 e. The Balaban J connectivity index is 1.35. The molecule has 2 aliphatic heterocycles. The number of likely N-dealkylation sites (tertiary alicyclic amines) is 1. The van der Waals surface area contributed by atoms with Crippen molar-refractivity contribution in [2.45, 2.75) is 86.3 Å². The van der Waals surface area contributed by atoms with Crippen molar-refractivity contribution < 1.29 is 76.9 Å². The van der Waals surface area contributed by atoms with Gasteiger partial charge in [-0.15, -0.1) is 11.8 Å². The first-order valence-electron chi connectivity index (χ1n) is 22.4. The number of Topliss-reactive ketones (excluding diaryl/α,β-unsaturated/α-hetero) is 2. The van der Waals surface area contributed by atoms with Crippen molar-refractivity contribution in [1.29, 1.82) is 0 Å². The summed E-state index contributed by atoms with van der Waals surface area (Å²) in [5.74, 6) is -6.91. The number of aryl methyl sites for hydroxylation is 1. The van der Waals surface area contributed by atoms with Crippen LogP contribution in [0.2, 0.25) is 0 Å². The minimum atomic E-state index is -1.59. The number of ether oxygens (including phenoxy) is 3. The van der Waals surface area contributed by atoms with Crippen molar-refractivity contribution in [3.05, 3.63) is 29.8 Å². The number of carbonyl (C=O) groups is 12. The Kier molecular flexibility index (Phi) is 26.0. The molecule has 0 bridgehead atoms. The van der Waals surface area contributed by atoms with Crippen molar-refractivity contribution in [2.75, 3.05) is 76.9 Å². The van der Waals surface area contributed by atoms with Crippen LogP contribution in [0, 0.1) is 0 Å². The van der Waals surface area contributed by atoms with E-state index in [-0.39, 0.29) is 82.5 Å². The van der Waals surface area contributed by atoms with Crippen molar-refractivity contribution in [3.8, 4) is 0 Å². The molecule has 1 aromatic rings. The molecule has 0 spiro atoms. The fraction of sp³-hybridized carbons (Fsp3) is 0.581. The Morgan fingerprint density at radius 2 is 1.48 bits per heavy atom. The van der Waals surface area contributed by atoms with Crippen LogP contribution in [0.4, 0.5) is 5.69 Å². The predicted octanol–water partition coefficient (Wildman–Crippen LogP) is -3.05. The van der Waals surface area contributed by atoms with Gasteiger partial charge in [-0.2, -0.15) is 0 Å². The molecule has 0 aliphatic carbocycles. The number of nitrogens with one attached hydrogen (secondary N) is 6. The molecule has 2 saturated heterocycles. The first-order valence-corrected chi connectivity index (χ1v) is 25.6. The number of aliphatic hydroxyl groups excluding tert-OH is 1. The highest BCUT2D eigenvalue weighted by molar-refractivity contribution is 8.94. The first kappa shape index (κ1) is 59.7. The van der Waals surface area contributed by atoms with Gasteiger partial charge in [0, 0.05) is 69.6 Å². The SMILES string of the molecule is CCC(=O)CCc1ccc(NC(=O)COCC(=O)NCC(NC(=O)CCOCCOCCNC(=O)CCN2C(=O)CC(SCCC(=O)C3(C(N)=O)SS3)C2=O)C(=O)N[C@H](C(=O)NCC(N)=O)[C@@H](C)O)cc1. The topological polar surface area (TPSA) is 380 Å². The minimum absolute atomic E-state index is 0.0152. The minimum Gasteiger partial charge on any atom is -0.391 e. The second-order valence-corrected chi connectivity index (χ2v) is 19.9. The summed E-state index contributed by atoms with van der Waals surface area (Å²) in [6.07, 6.45) is -0.507. The molecule has 4 atom stereocenters. The van der Waals surface area contributed by atoms with Crippen LogP contribution >= 0.6 is 33.3 Å². The van der Waals surface area contributed by atoms with Gasteiger partial charge in [0.1, 0.15) is 31.1 Å². The Morgan fingerprint density at radius 1 is 0.803 bits per heavy atom. The van der Waals surface area contributed by atoms with Gasteiger partial charge >= 0.3 is 0 Å². The van der Waals surface area contributed by atoms with Gasteiger partial charge < -0.3 is 62.7 Å². The monoisotopic (exact) mass is 1060 g/mol. The maximum absolute atomic E-state index is 13.3. The molecule has 71 heavy (non-hydrogen) atoms. The van der Waals surface area contributed by atoms with Gasteiger partial charge in [-0.1, -0.05) is 40.6 Å². The molecule has 10 amide bonds. The van der Waals surface area contributed by atoms with E-state index < -0.39 is 113 Å². The predicted molar refractivity (Wildman–Crippen MR) is 258 cm³/mol. The zero-order valence-corrected chi connectivity index (χ0v) is 41.7. The van der Waals surface area contributed by atoms with Crippen molar-refractivity contribution in [1.82, 2.24) is 31.5 Å². The fourth-order valence-electron chi connectivity index (χ4n) is 6.22. The summed E-state index contributed by atoms with van der Waals surface area (Å²) >= 11 is 1.14. The second kappa shape index (κ2) is 30.9. The third kappa shape index (κ3) is 21.7. The molecule has 0 saturated carbocycles. The van der Waals surface area contributed by atoms with Gasteiger partial charge in [-0.25, -0.2) is 0 Å². The summed E-state index contributed by atoms with van der Waals surface area (Å²) in [6.45, 7) is 0.748. The molecule has 25 nitrogen and oxygen atoms in total. The Bertz CT molecular complexity index is 2090. The number of carbonyl (C=O) groups excluding carboxylic acids is 12. The highest BCUT2D eigenvalue weighted by Crippen LogP contribution is 2.65. The number of amides is 10. The van der Waals surface area contributed by atoms with Crippen molar-refractivity contribution in [3.63, 3.8) is 0 Å². The van der Waals surface area contributed by atoms with E-state index in [4.69, 9.17) is 25.7 Å². The van der Waals surface area contributed by atoms with Crippen LogP contribution < -0.4 is 43.4 Å². The lowest BCUT2D eigenvalue weighted by molar-refractivity contribution is -0.139. The van der Waals surface area contributed by atoms with Crippen LogP contribution in [0.1, 0.15) is 57.9 Å². The van der Waals surface area contributed by atoms with Crippen LogP contribution in [-0.2, 0) is 78.2 Å². The number of imide groups is 1. The van der Waals surface area contributed by atoms with Crippen LogP contribution in [-0.4, -0.2) is 180 Å². The van der Waals surface area contributed by atoms with Crippen LogP contribution in [0.15, 0.2) is 24.3 Å². The standard InChI is InChI=1S/C43H61N9O16S3/c1-3-28(54)9-6-26-4-7-27(8-5-26)49-36(60)24-68-23-35(59)47-21-29(39(62)51-38(25(2)53)40(63)48-22-32(44)56)50-34(58)11-15-66-17-18-67-16-13-46-33(57)10-14-52-37(61)20-30(41(52)64)69-19-12-31(55)43(42(45)65)70-71-43/h4-5,7-8,25,29-30,38,53H,3,6,9-24H2,1-2H3,(H2,44,56)(H2,45,65)(H,46,57)(H,47,59)(H,48,63)(H,49,60)(H,50,58)(H,51,62)/t25-,29?,30?,38+/m1/s1. The summed E-state index contributed by atoms with van der Waals surface area (Å²) < 4.78 is 14.8. The maximum atomic E-state index is 13.3. The van der Waals surface area contributed by atoms with Crippen molar-refractivity contribution >= 4 is 110 Å². The average molecular weight is 1060 g/mol. The van der Waals surface area contributed by atoms with E-state index in [1.54, 1.807) is 31.2 Å². The average Bonchev–Trinajstić information content (AvgIpc) is 4.10. The largest absolute Gasteiger partial charge is 0.391 e. The molecule has 392 valence electrons. The van der Waals surface area contributed by atoms with Gasteiger partial charge in [0.2, 0.25) is 57.2 Å². The molecule has 0 aromatic heterocycles. The molecule has 3 rings (SSSR count). The molecule has 2 fully saturated rings. The molecule has 2 heterocycles. The third-order valence-electron chi connectivity index (χ3n) is 10.2. The number of aliphatic hydroxyl groups is 1. The number of thioether (sulfide) groups is 1. The number of hydrogen-bond donors (Lipinski definition) is 9. The number of primary amides is 2. The number of nitrogens with two attached hydrogens (primary N) is 2. The molecule has 2 aliphatic rings. The van der Waals surface area contributed by atoms with E-state index in [0.29, 0.717) is 24.9 Å². The lowest BCUT2D eigenvalue weighted by Crippen LogP contribution is -2.60. The first-order chi connectivity index (χ1) is 33.8. The molecule has 2 unspecified atom stereocenters. The Labute approximate surface area is 421 Å². The van der Waals surface area contributed by atoms with E-state index >= 15 is 0 Å². The quantitative estimate of drug-likeness (QED) is 0.0106. The lowest BCUT2D eigenvalue weighted by Gasteiger charge is -2.25. The number of rotatable bonds is 36. The molecular weight excluding hydrogens is 995 g/mol. The smallest absolute Gasteiger partial charge is 0.253 e. The third-order valence-corrected chi connectivity index (χ3v) is 14.3. The van der Waals surface area contributed by atoms with E-state index in [1.165, 1.54) is 6.92 Å². The van der Waals surface area contributed by atoms with Gasteiger partial charge in [-0.05, 0) is 31.0 Å². The van der Waals surface area contributed by atoms with Crippen LogP contribution in [0.5, 0.6) is 0 Å². The molecule has 28 heteroatoms. The number of anilines is 1. The summed E-state index contributed by atoms with van der Waals surface area (Å²) in [6, 6.07) is 3.77. The Hall–Kier alpha value is -5.65. The van der Waals surface area contributed by atoms with Gasteiger partial charge in [-0.3, -0.25) is 62.4 Å². The number of hydrogen-bond acceptors (Lipinski definition) is 19. The number of benzene rings is 1. The molecule has 1 aromatic carbocycles. The highest BCUT2D eigenvalue weighted by atomic mass is 33.2. The van der Waals surface area contributed by atoms with Gasteiger partial charge in [0.15, 0.2) is 5.78 Å². The van der Waals surface area contributed by atoms with Crippen molar-refractivity contribution in [2.24, 2.45) is 11.5 Å². The zero-order valence-electron chi connectivity index (χ0n) is 39.2. The van der Waals surface area contributed by atoms with E-state index in [9.17, 15) is 62.6 Å². The van der Waals surface area contributed by atoms with E-state index in [0.717, 1.165) is 43.8 Å².